The summed E-state index contributed by atoms with van der Waals surface area (Å²) in [4.78, 5) is 20.7. The monoisotopic (exact) mass is 401 g/mol. The van der Waals surface area contributed by atoms with Gasteiger partial charge in [0.15, 0.2) is 5.13 Å². The largest absolute Gasteiger partial charge is 0.439 e. The lowest BCUT2D eigenvalue weighted by molar-refractivity contribution is -0.117. The van der Waals surface area contributed by atoms with Gasteiger partial charge in [-0.25, -0.2) is 9.97 Å². The summed E-state index contributed by atoms with van der Waals surface area (Å²) in [6.45, 7) is 0. The van der Waals surface area contributed by atoms with E-state index in [1.807, 2.05) is 54.6 Å². The predicted molar refractivity (Wildman–Crippen MR) is 115 cm³/mol. The molecule has 144 valence electrons. The summed E-state index contributed by atoms with van der Waals surface area (Å²) >= 11 is 1.62. The number of fused-ring (bicyclic) bond motifs is 1. The summed E-state index contributed by atoms with van der Waals surface area (Å²) in [6.07, 6.45) is 3.81. The van der Waals surface area contributed by atoms with E-state index in [0.29, 0.717) is 30.3 Å². The van der Waals surface area contributed by atoms with Gasteiger partial charge in [-0.3, -0.25) is 4.79 Å². The van der Waals surface area contributed by atoms with Crippen molar-refractivity contribution in [1.29, 1.82) is 0 Å². The van der Waals surface area contributed by atoms with Crippen LogP contribution in [0.4, 0.5) is 10.8 Å². The Morgan fingerprint density at radius 2 is 1.90 bits per heavy atom. The third-order valence-electron chi connectivity index (χ3n) is 5.10. The first kappa shape index (κ1) is 17.8. The zero-order valence-electron chi connectivity index (χ0n) is 15.7. The highest BCUT2D eigenvalue weighted by molar-refractivity contribution is 7.22. The number of aromatic nitrogens is 2. The number of para-hydroxylation sites is 1. The Kier molecular flexibility index (Phi) is 4.69. The Bertz CT molecular complexity index is 1140. The maximum atomic E-state index is 11.7. The van der Waals surface area contributed by atoms with Gasteiger partial charge in [0.25, 0.3) is 0 Å². The van der Waals surface area contributed by atoms with Crippen LogP contribution in [-0.4, -0.2) is 15.8 Å². The number of hydrogen-bond acceptors (Lipinski definition) is 6. The van der Waals surface area contributed by atoms with Crippen molar-refractivity contribution in [3.05, 3.63) is 72.4 Å². The van der Waals surface area contributed by atoms with E-state index in [4.69, 9.17) is 4.74 Å². The van der Waals surface area contributed by atoms with Gasteiger partial charge in [0.2, 0.25) is 5.88 Å². The molecule has 0 radical (unpaired) electrons. The SMILES string of the molecule is O=C1CC[C@H](c2cccnc2Oc2ccc(Nc3nc4ccccc4s3)cc2)C1. The summed E-state index contributed by atoms with van der Waals surface area (Å²) in [6, 6.07) is 19.7. The van der Waals surface area contributed by atoms with Crippen LogP contribution in [-0.2, 0) is 4.79 Å². The van der Waals surface area contributed by atoms with Gasteiger partial charge >= 0.3 is 0 Å². The fourth-order valence-electron chi connectivity index (χ4n) is 3.65. The van der Waals surface area contributed by atoms with Crippen LogP contribution in [0.15, 0.2) is 66.9 Å². The molecule has 1 fully saturated rings. The van der Waals surface area contributed by atoms with E-state index in [1.165, 1.54) is 0 Å². The van der Waals surface area contributed by atoms with Crippen molar-refractivity contribution in [3.8, 4) is 11.6 Å². The second-order valence-electron chi connectivity index (χ2n) is 7.11. The average molecular weight is 401 g/mol. The van der Waals surface area contributed by atoms with E-state index in [2.05, 4.69) is 21.4 Å². The van der Waals surface area contributed by atoms with E-state index >= 15 is 0 Å². The molecule has 1 N–H and O–H groups in total. The highest BCUT2D eigenvalue weighted by Gasteiger charge is 2.26. The molecule has 6 heteroatoms. The maximum absolute atomic E-state index is 11.7. The molecule has 2 aromatic heterocycles. The van der Waals surface area contributed by atoms with Crippen molar-refractivity contribution in [2.45, 2.75) is 25.2 Å². The van der Waals surface area contributed by atoms with Gasteiger partial charge in [-0.05, 0) is 54.8 Å². The minimum Gasteiger partial charge on any atom is -0.439 e. The van der Waals surface area contributed by atoms with Crippen molar-refractivity contribution in [2.24, 2.45) is 0 Å². The lowest BCUT2D eigenvalue weighted by Gasteiger charge is -2.14. The number of benzene rings is 2. The Labute approximate surface area is 172 Å². The predicted octanol–water partition coefficient (Wildman–Crippen LogP) is 6.06. The van der Waals surface area contributed by atoms with E-state index < -0.39 is 0 Å². The molecule has 0 aliphatic heterocycles. The van der Waals surface area contributed by atoms with Crippen molar-refractivity contribution < 1.29 is 9.53 Å². The Hall–Kier alpha value is -3.25. The van der Waals surface area contributed by atoms with Crippen LogP contribution in [0.1, 0.15) is 30.7 Å². The van der Waals surface area contributed by atoms with Crippen molar-refractivity contribution >= 4 is 38.2 Å². The fourth-order valence-corrected chi connectivity index (χ4v) is 4.53. The smallest absolute Gasteiger partial charge is 0.222 e. The number of thiazole rings is 1. The molecule has 5 nitrogen and oxygen atoms in total. The molecular weight excluding hydrogens is 382 g/mol. The number of hydrogen-bond donors (Lipinski definition) is 1. The van der Waals surface area contributed by atoms with Gasteiger partial charge in [0, 0.05) is 30.3 Å². The number of carbonyl (C=O) groups is 1. The molecule has 5 rings (SSSR count). The second kappa shape index (κ2) is 7.64. The molecule has 0 bridgehead atoms. The molecule has 0 unspecified atom stereocenters. The summed E-state index contributed by atoms with van der Waals surface area (Å²) in [5.74, 6) is 1.81. The first-order chi connectivity index (χ1) is 14.2. The van der Waals surface area contributed by atoms with Gasteiger partial charge < -0.3 is 10.1 Å². The lowest BCUT2D eigenvalue weighted by atomic mass is 9.99. The van der Waals surface area contributed by atoms with Crippen LogP contribution in [0.5, 0.6) is 11.6 Å². The topological polar surface area (TPSA) is 64.1 Å². The molecule has 29 heavy (non-hydrogen) atoms. The number of pyridine rings is 1. The second-order valence-corrected chi connectivity index (χ2v) is 8.15. The van der Waals surface area contributed by atoms with Crippen LogP contribution < -0.4 is 10.1 Å². The Morgan fingerprint density at radius 1 is 1.03 bits per heavy atom. The fraction of sp³-hybridized carbons (Fsp3) is 0.174. The molecule has 1 atom stereocenters. The van der Waals surface area contributed by atoms with Gasteiger partial charge in [0.05, 0.1) is 10.2 Å². The van der Waals surface area contributed by atoms with Crippen LogP contribution in [0.3, 0.4) is 0 Å². The van der Waals surface area contributed by atoms with E-state index in [1.54, 1.807) is 17.5 Å². The minimum atomic E-state index is 0.200. The highest BCUT2D eigenvalue weighted by atomic mass is 32.1. The molecule has 2 heterocycles. The molecular formula is C23H19N3O2S. The Morgan fingerprint density at radius 3 is 2.69 bits per heavy atom. The molecule has 1 saturated carbocycles. The summed E-state index contributed by atoms with van der Waals surface area (Å²) in [5, 5.41) is 4.20. The number of nitrogens with zero attached hydrogens (tertiary/aromatic N) is 2. The van der Waals surface area contributed by atoms with E-state index in [9.17, 15) is 4.79 Å². The zero-order chi connectivity index (χ0) is 19.6. The lowest BCUT2D eigenvalue weighted by Crippen LogP contribution is -2.00. The molecule has 1 aliphatic carbocycles. The van der Waals surface area contributed by atoms with Crippen LogP contribution in [0, 0.1) is 0 Å². The number of Topliss-reactive ketones (excluding diaryl/α,β-unsaturated/α-hetero) is 1. The number of anilines is 2. The highest BCUT2D eigenvalue weighted by Crippen LogP contribution is 2.37. The van der Waals surface area contributed by atoms with Crippen molar-refractivity contribution in [2.75, 3.05) is 5.32 Å². The molecule has 0 saturated heterocycles. The van der Waals surface area contributed by atoms with Gasteiger partial charge in [-0.2, -0.15) is 0 Å². The quantitative estimate of drug-likeness (QED) is 0.440. The van der Waals surface area contributed by atoms with Gasteiger partial charge in [-0.1, -0.05) is 29.5 Å². The van der Waals surface area contributed by atoms with E-state index in [-0.39, 0.29) is 5.92 Å². The summed E-state index contributed by atoms with van der Waals surface area (Å²) in [7, 11) is 0. The summed E-state index contributed by atoms with van der Waals surface area (Å²) < 4.78 is 7.20. The third-order valence-corrected chi connectivity index (χ3v) is 6.05. The van der Waals surface area contributed by atoms with Crippen molar-refractivity contribution in [1.82, 2.24) is 9.97 Å². The molecule has 1 aliphatic rings. The number of ether oxygens (including phenoxy) is 1. The molecule has 4 aromatic rings. The number of ketones is 1. The van der Waals surface area contributed by atoms with E-state index in [0.717, 1.165) is 33.0 Å². The summed E-state index contributed by atoms with van der Waals surface area (Å²) in [5.41, 5.74) is 2.95. The maximum Gasteiger partial charge on any atom is 0.222 e. The van der Waals surface area contributed by atoms with Crippen LogP contribution in [0.2, 0.25) is 0 Å². The number of nitrogens with one attached hydrogen (secondary N) is 1. The first-order valence-electron chi connectivity index (χ1n) is 9.62. The number of rotatable bonds is 5. The normalized spacial score (nSPS) is 16.3. The van der Waals surface area contributed by atoms with Crippen LogP contribution in [0.25, 0.3) is 10.2 Å². The Balaban J connectivity index is 1.31. The third kappa shape index (κ3) is 3.84. The zero-order valence-corrected chi connectivity index (χ0v) is 16.5. The first-order valence-corrected chi connectivity index (χ1v) is 10.4. The van der Waals surface area contributed by atoms with Crippen LogP contribution >= 0.6 is 11.3 Å². The molecule has 0 spiro atoms. The van der Waals surface area contributed by atoms with Gasteiger partial charge in [-0.15, -0.1) is 0 Å². The standard InChI is InChI=1S/C23H19N3O2S/c27-17-10-7-15(14-17)19-4-3-13-24-22(19)28-18-11-8-16(9-12-18)25-23-26-20-5-1-2-6-21(20)29-23/h1-6,8-9,11-13,15H,7,10,14H2,(H,25,26)/t15-/m0/s1. The van der Waals surface area contributed by atoms with Crippen molar-refractivity contribution in [3.63, 3.8) is 0 Å². The number of carbonyl (C=O) groups excluding carboxylic acids is 1. The molecule has 2 aromatic carbocycles. The van der Waals surface area contributed by atoms with Gasteiger partial charge in [0.1, 0.15) is 11.5 Å². The molecule has 0 amide bonds. The average Bonchev–Trinajstić information content (AvgIpc) is 3.35. The minimum absolute atomic E-state index is 0.200.